The van der Waals surface area contributed by atoms with Crippen molar-refractivity contribution in [3.05, 3.63) is 62.6 Å². The fourth-order valence-corrected chi connectivity index (χ4v) is 1.89. The Morgan fingerprint density at radius 2 is 1.95 bits per heavy atom. The van der Waals surface area contributed by atoms with Crippen molar-refractivity contribution in [3.8, 4) is 5.88 Å². The summed E-state index contributed by atoms with van der Waals surface area (Å²) < 4.78 is 18.5. The highest BCUT2D eigenvalue weighted by Crippen LogP contribution is 2.23. The van der Waals surface area contributed by atoms with E-state index in [1.807, 2.05) is 0 Å². The Labute approximate surface area is 117 Å². The number of H-pyrrole nitrogens is 1. The second kappa shape index (κ2) is 5.61. The van der Waals surface area contributed by atoms with E-state index in [9.17, 15) is 23.9 Å². The third-order valence-electron chi connectivity index (χ3n) is 2.86. The van der Waals surface area contributed by atoms with Gasteiger partial charge in [-0.1, -0.05) is 30.3 Å². The van der Waals surface area contributed by atoms with Gasteiger partial charge < -0.3 is 9.84 Å². The zero-order valence-electron chi connectivity index (χ0n) is 10.9. The number of aromatic hydroxyl groups is 1. The Balaban J connectivity index is 2.75. The molecular weight excluding hydrogens is 283 g/mol. The van der Waals surface area contributed by atoms with E-state index in [0.717, 1.165) is 7.11 Å². The van der Waals surface area contributed by atoms with Crippen LogP contribution >= 0.6 is 0 Å². The molecule has 2 N–H and O–H groups in total. The van der Waals surface area contributed by atoms with Crippen LogP contribution in [0.4, 0.5) is 4.39 Å². The molecule has 1 aromatic carbocycles. The lowest BCUT2D eigenvalue weighted by molar-refractivity contribution is -0.143. The first-order chi connectivity index (χ1) is 9.97. The van der Waals surface area contributed by atoms with Gasteiger partial charge in [-0.15, -0.1) is 0 Å². The lowest BCUT2D eigenvalue weighted by Gasteiger charge is -2.18. The Morgan fingerprint density at radius 3 is 2.52 bits per heavy atom. The van der Waals surface area contributed by atoms with Crippen LogP contribution in [-0.4, -0.2) is 27.7 Å². The van der Waals surface area contributed by atoms with Crippen LogP contribution in [0.2, 0.25) is 0 Å². The lowest BCUT2D eigenvalue weighted by Crippen LogP contribution is -2.37. The molecule has 21 heavy (non-hydrogen) atoms. The van der Waals surface area contributed by atoms with Crippen molar-refractivity contribution >= 4 is 5.97 Å². The average Bonchev–Trinajstić information content (AvgIpc) is 2.49. The van der Waals surface area contributed by atoms with Crippen molar-refractivity contribution < 1.29 is 19.0 Å². The number of rotatable bonds is 3. The molecule has 2 rings (SSSR count). The van der Waals surface area contributed by atoms with Gasteiger partial charge in [0.05, 0.1) is 7.11 Å². The summed E-state index contributed by atoms with van der Waals surface area (Å²) in [5.41, 5.74) is -2.21. The van der Waals surface area contributed by atoms with Crippen molar-refractivity contribution in [1.29, 1.82) is 0 Å². The molecule has 0 aliphatic heterocycles. The molecule has 1 atom stereocenters. The van der Waals surface area contributed by atoms with E-state index < -0.39 is 35.0 Å². The number of methoxy groups -OCH3 is 1. The SMILES string of the molecule is COC(=O)C(c1ccccc1)n1c(O)c(F)c(=O)[nH]c1=O. The molecule has 0 spiro atoms. The molecule has 1 aromatic heterocycles. The molecule has 0 saturated carbocycles. The standard InChI is InChI=1S/C13H11FN2O5/c1-21-12(19)9(7-5-3-2-4-6-7)16-11(18)8(14)10(17)15-13(16)20/h2-6,9,18H,1H3,(H,15,17,20). The minimum atomic E-state index is -1.56. The van der Waals surface area contributed by atoms with E-state index in [1.165, 1.54) is 12.1 Å². The van der Waals surface area contributed by atoms with Gasteiger partial charge in [0.2, 0.25) is 11.7 Å². The first-order valence-electron chi connectivity index (χ1n) is 5.83. The molecule has 1 heterocycles. The van der Waals surface area contributed by atoms with Gasteiger partial charge in [-0.2, -0.15) is 4.39 Å². The van der Waals surface area contributed by atoms with Gasteiger partial charge in [0.15, 0.2) is 6.04 Å². The minimum absolute atomic E-state index is 0.285. The number of aromatic amines is 1. The molecule has 0 amide bonds. The van der Waals surface area contributed by atoms with Gasteiger partial charge in [0.1, 0.15) is 0 Å². The summed E-state index contributed by atoms with van der Waals surface area (Å²) in [6, 6.07) is 6.43. The van der Waals surface area contributed by atoms with Gasteiger partial charge in [-0.3, -0.25) is 9.78 Å². The van der Waals surface area contributed by atoms with Crippen LogP contribution in [0.1, 0.15) is 11.6 Å². The van der Waals surface area contributed by atoms with E-state index in [0.29, 0.717) is 4.57 Å². The highest BCUT2D eigenvalue weighted by Gasteiger charge is 2.29. The summed E-state index contributed by atoms with van der Waals surface area (Å²) in [5, 5.41) is 9.70. The number of carbonyl (C=O) groups excluding carboxylic acids is 1. The Bertz CT molecular complexity index is 781. The summed E-state index contributed by atoms with van der Waals surface area (Å²) in [6.07, 6.45) is 0. The number of aromatic nitrogens is 2. The number of ether oxygens (including phenoxy) is 1. The highest BCUT2D eigenvalue weighted by molar-refractivity contribution is 5.78. The molecule has 0 radical (unpaired) electrons. The quantitative estimate of drug-likeness (QED) is 0.784. The molecule has 0 saturated heterocycles. The topological polar surface area (TPSA) is 101 Å². The Hall–Kier alpha value is -2.90. The maximum absolute atomic E-state index is 13.5. The second-order valence-corrected chi connectivity index (χ2v) is 4.10. The predicted octanol–water partition coefficient (Wildman–Crippen LogP) is 0.144. The van der Waals surface area contributed by atoms with Gasteiger partial charge in [-0.25, -0.2) is 14.2 Å². The first kappa shape index (κ1) is 14.5. The average molecular weight is 294 g/mol. The summed E-state index contributed by atoms with van der Waals surface area (Å²) in [4.78, 5) is 36.5. The maximum atomic E-state index is 13.5. The molecule has 110 valence electrons. The number of esters is 1. The van der Waals surface area contributed by atoms with Crippen LogP contribution < -0.4 is 11.2 Å². The normalized spacial score (nSPS) is 11.9. The minimum Gasteiger partial charge on any atom is -0.492 e. The van der Waals surface area contributed by atoms with Crippen LogP contribution in [0.25, 0.3) is 0 Å². The first-order valence-corrected chi connectivity index (χ1v) is 5.83. The molecule has 8 heteroatoms. The molecule has 7 nitrogen and oxygen atoms in total. The van der Waals surface area contributed by atoms with Crippen LogP contribution in [0.15, 0.2) is 39.9 Å². The molecule has 2 aromatic rings. The van der Waals surface area contributed by atoms with E-state index in [1.54, 1.807) is 23.2 Å². The molecule has 0 bridgehead atoms. The second-order valence-electron chi connectivity index (χ2n) is 4.10. The van der Waals surface area contributed by atoms with Crippen LogP contribution in [0.5, 0.6) is 5.88 Å². The molecular formula is C13H11FN2O5. The van der Waals surface area contributed by atoms with Crippen LogP contribution in [0.3, 0.4) is 0 Å². The van der Waals surface area contributed by atoms with E-state index in [4.69, 9.17) is 0 Å². The lowest BCUT2D eigenvalue weighted by atomic mass is 10.1. The van der Waals surface area contributed by atoms with E-state index >= 15 is 0 Å². The number of hydrogen-bond donors (Lipinski definition) is 2. The Morgan fingerprint density at radius 1 is 1.33 bits per heavy atom. The number of nitrogens with zero attached hydrogens (tertiary/aromatic N) is 1. The van der Waals surface area contributed by atoms with Crippen LogP contribution in [0, 0.1) is 5.82 Å². The highest BCUT2D eigenvalue weighted by atomic mass is 19.1. The third kappa shape index (κ3) is 2.55. The number of benzene rings is 1. The maximum Gasteiger partial charge on any atom is 0.333 e. The monoisotopic (exact) mass is 294 g/mol. The van der Waals surface area contributed by atoms with Gasteiger partial charge in [0.25, 0.3) is 5.56 Å². The summed E-state index contributed by atoms with van der Waals surface area (Å²) >= 11 is 0. The molecule has 0 fully saturated rings. The summed E-state index contributed by atoms with van der Waals surface area (Å²) in [7, 11) is 1.09. The van der Waals surface area contributed by atoms with E-state index in [-0.39, 0.29) is 5.56 Å². The van der Waals surface area contributed by atoms with Crippen molar-refractivity contribution in [2.45, 2.75) is 6.04 Å². The number of nitrogens with one attached hydrogen (secondary N) is 1. The van der Waals surface area contributed by atoms with Crippen molar-refractivity contribution in [2.75, 3.05) is 7.11 Å². The number of hydrogen-bond acceptors (Lipinski definition) is 5. The fourth-order valence-electron chi connectivity index (χ4n) is 1.89. The molecule has 0 aliphatic rings. The largest absolute Gasteiger partial charge is 0.492 e. The van der Waals surface area contributed by atoms with Crippen LogP contribution in [-0.2, 0) is 9.53 Å². The third-order valence-corrected chi connectivity index (χ3v) is 2.86. The fraction of sp³-hybridized carbons (Fsp3) is 0.154. The summed E-state index contributed by atoms with van der Waals surface area (Å²) in [6.45, 7) is 0. The summed E-state index contributed by atoms with van der Waals surface area (Å²) in [5.74, 6) is -3.69. The number of carbonyl (C=O) groups is 1. The van der Waals surface area contributed by atoms with Gasteiger partial charge in [0, 0.05) is 0 Å². The number of halogens is 1. The smallest absolute Gasteiger partial charge is 0.333 e. The van der Waals surface area contributed by atoms with Crippen molar-refractivity contribution in [3.63, 3.8) is 0 Å². The van der Waals surface area contributed by atoms with Crippen molar-refractivity contribution in [2.24, 2.45) is 0 Å². The van der Waals surface area contributed by atoms with E-state index in [2.05, 4.69) is 4.74 Å². The zero-order chi connectivity index (χ0) is 15.6. The van der Waals surface area contributed by atoms with Gasteiger partial charge >= 0.3 is 11.7 Å². The predicted molar refractivity (Wildman–Crippen MR) is 69.5 cm³/mol. The molecule has 0 aliphatic carbocycles. The van der Waals surface area contributed by atoms with Crippen molar-refractivity contribution in [1.82, 2.24) is 9.55 Å². The molecule has 1 unspecified atom stereocenters. The zero-order valence-corrected chi connectivity index (χ0v) is 10.9. The van der Waals surface area contributed by atoms with Gasteiger partial charge in [-0.05, 0) is 5.56 Å². The Kier molecular flexibility index (Phi) is 3.88.